The molecule has 1 N–H and O–H groups in total. The predicted molar refractivity (Wildman–Crippen MR) is 87.5 cm³/mol. The number of methoxy groups -OCH3 is 1. The summed E-state index contributed by atoms with van der Waals surface area (Å²) in [4.78, 5) is 0. The minimum atomic E-state index is 0. The van der Waals surface area contributed by atoms with Crippen LogP contribution in [0.2, 0.25) is 0 Å². The Kier molecular flexibility index (Phi) is 5.91. The molecule has 2 fully saturated rings. The van der Waals surface area contributed by atoms with Crippen LogP contribution in [0.5, 0.6) is 5.75 Å². The van der Waals surface area contributed by atoms with Crippen LogP contribution in [0, 0.1) is 5.92 Å². The van der Waals surface area contributed by atoms with E-state index < -0.39 is 0 Å². The third-order valence-electron chi connectivity index (χ3n) is 4.79. The maximum Gasteiger partial charge on any atom is 0.118 e. The highest BCUT2D eigenvalue weighted by Gasteiger charge is 2.38. The van der Waals surface area contributed by atoms with Gasteiger partial charge in [0.25, 0.3) is 0 Å². The molecule has 4 heteroatoms. The molecular weight excluding hydrogens is 286 g/mol. The van der Waals surface area contributed by atoms with Crippen molar-refractivity contribution in [3.63, 3.8) is 0 Å². The summed E-state index contributed by atoms with van der Waals surface area (Å²) in [5, 5.41) is 3.44. The number of piperidine rings is 1. The van der Waals surface area contributed by atoms with Gasteiger partial charge in [0, 0.05) is 6.61 Å². The zero-order valence-corrected chi connectivity index (χ0v) is 13.6. The van der Waals surface area contributed by atoms with Crippen LogP contribution in [0.1, 0.15) is 31.2 Å². The van der Waals surface area contributed by atoms with Crippen LogP contribution in [0.3, 0.4) is 0 Å². The lowest BCUT2D eigenvalue weighted by Crippen LogP contribution is -2.48. The van der Waals surface area contributed by atoms with Crippen molar-refractivity contribution < 1.29 is 9.47 Å². The summed E-state index contributed by atoms with van der Waals surface area (Å²) in [5.41, 5.74) is 1.59. The van der Waals surface area contributed by atoms with Crippen LogP contribution >= 0.6 is 12.4 Å². The van der Waals surface area contributed by atoms with Crippen molar-refractivity contribution in [1.82, 2.24) is 5.32 Å². The molecule has 0 amide bonds. The quantitative estimate of drug-likeness (QED) is 0.930. The predicted octanol–water partition coefficient (Wildman–Crippen LogP) is 3.21. The van der Waals surface area contributed by atoms with Crippen molar-refractivity contribution in [1.29, 1.82) is 0 Å². The van der Waals surface area contributed by atoms with Crippen molar-refractivity contribution in [3.05, 3.63) is 29.8 Å². The van der Waals surface area contributed by atoms with Crippen LogP contribution in [0.4, 0.5) is 0 Å². The first-order valence-electron chi connectivity index (χ1n) is 7.77. The molecule has 3 rings (SSSR count). The van der Waals surface area contributed by atoms with Gasteiger partial charge in [0.1, 0.15) is 5.75 Å². The van der Waals surface area contributed by atoms with Gasteiger partial charge in [-0.25, -0.2) is 0 Å². The first-order valence-corrected chi connectivity index (χ1v) is 7.77. The van der Waals surface area contributed by atoms with Gasteiger partial charge in [0.05, 0.1) is 12.7 Å². The number of benzene rings is 1. The zero-order chi connectivity index (χ0) is 13.8. The van der Waals surface area contributed by atoms with E-state index >= 15 is 0 Å². The fraction of sp³-hybridized carbons (Fsp3) is 0.647. The van der Waals surface area contributed by atoms with E-state index in [9.17, 15) is 0 Å². The minimum Gasteiger partial charge on any atom is -0.497 e. The Balaban J connectivity index is 0.00000161. The van der Waals surface area contributed by atoms with Gasteiger partial charge in [-0.1, -0.05) is 12.1 Å². The normalized spacial score (nSPS) is 24.3. The lowest BCUT2D eigenvalue weighted by Gasteiger charge is -2.43. The average molecular weight is 312 g/mol. The topological polar surface area (TPSA) is 30.5 Å². The standard InChI is InChI=1S/C17H25NO2.ClH/c1-19-16-4-2-14(3-5-16)12-15-6-11-20-17(13-15)7-9-18-10-8-17;/h2-5,15,18H,6-13H2,1H3;1H. The summed E-state index contributed by atoms with van der Waals surface area (Å²) in [6.45, 7) is 3.14. The number of ether oxygens (including phenoxy) is 2. The molecule has 0 bridgehead atoms. The van der Waals surface area contributed by atoms with E-state index in [1.54, 1.807) is 7.11 Å². The number of halogens is 1. The summed E-state index contributed by atoms with van der Waals surface area (Å²) < 4.78 is 11.4. The molecule has 2 saturated heterocycles. The number of rotatable bonds is 3. The minimum absolute atomic E-state index is 0. The van der Waals surface area contributed by atoms with Gasteiger partial charge in [0.2, 0.25) is 0 Å². The van der Waals surface area contributed by atoms with Crippen LogP contribution in [0.15, 0.2) is 24.3 Å². The third-order valence-corrected chi connectivity index (χ3v) is 4.79. The highest BCUT2D eigenvalue weighted by atomic mass is 35.5. The summed E-state index contributed by atoms with van der Waals surface area (Å²) in [7, 11) is 1.72. The van der Waals surface area contributed by atoms with Gasteiger partial charge in [-0.05, 0) is 68.8 Å². The van der Waals surface area contributed by atoms with Gasteiger partial charge in [-0.15, -0.1) is 12.4 Å². The molecule has 1 aromatic rings. The Labute approximate surface area is 133 Å². The van der Waals surface area contributed by atoms with E-state index in [1.165, 1.54) is 37.7 Å². The first kappa shape index (κ1) is 16.6. The van der Waals surface area contributed by atoms with Gasteiger partial charge < -0.3 is 14.8 Å². The zero-order valence-electron chi connectivity index (χ0n) is 12.8. The molecule has 3 nitrogen and oxygen atoms in total. The molecule has 0 radical (unpaired) electrons. The number of nitrogens with one attached hydrogen (secondary N) is 1. The fourth-order valence-electron chi connectivity index (χ4n) is 3.63. The summed E-state index contributed by atoms with van der Waals surface area (Å²) in [6, 6.07) is 8.52. The van der Waals surface area contributed by atoms with Crippen LogP contribution < -0.4 is 10.1 Å². The lowest BCUT2D eigenvalue weighted by molar-refractivity contribution is -0.113. The molecule has 1 unspecified atom stereocenters. The summed E-state index contributed by atoms with van der Waals surface area (Å²) in [6.07, 6.45) is 5.93. The maximum absolute atomic E-state index is 6.15. The molecule has 1 atom stereocenters. The molecule has 2 aliphatic rings. The van der Waals surface area contributed by atoms with Gasteiger partial charge in [-0.3, -0.25) is 0 Å². The van der Waals surface area contributed by atoms with Gasteiger partial charge in [-0.2, -0.15) is 0 Å². The molecule has 0 aliphatic carbocycles. The SMILES string of the molecule is COc1ccc(CC2CCOC3(CCNCC3)C2)cc1.Cl. The van der Waals surface area contributed by atoms with Crippen molar-refractivity contribution in [2.24, 2.45) is 5.92 Å². The molecule has 0 saturated carbocycles. The van der Waals surface area contributed by atoms with Crippen molar-refractivity contribution in [3.8, 4) is 5.75 Å². The molecular formula is C17H26ClNO2. The van der Waals surface area contributed by atoms with Gasteiger partial charge in [0.15, 0.2) is 0 Å². The van der Waals surface area contributed by atoms with Crippen molar-refractivity contribution in [2.45, 2.75) is 37.7 Å². The average Bonchev–Trinajstić information content (AvgIpc) is 2.49. The molecule has 2 aliphatic heterocycles. The fourth-order valence-corrected chi connectivity index (χ4v) is 3.63. The Morgan fingerprint density at radius 3 is 2.62 bits per heavy atom. The number of hydrogen-bond donors (Lipinski definition) is 1. The lowest BCUT2D eigenvalue weighted by atomic mass is 9.78. The largest absolute Gasteiger partial charge is 0.497 e. The van der Waals surface area contributed by atoms with Gasteiger partial charge >= 0.3 is 0 Å². The van der Waals surface area contributed by atoms with Crippen LogP contribution in [-0.4, -0.2) is 32.4 Å². The second kappa shape index (κ2) is 7.48. The molecule has 2 heterocycles. The van der Waals surface area contributed by atoms with Crippen LogP contribution in [0.25, 0.3) is 0 Å². The van der Waals surface area contributed by atoms with Crippen LogP contribution in [-0.2, 0) is 11.2 Å². The Morgan fingerprint density at radius 2 is 1.95 bits per heavy atom. The van der Waals surface area contributed by atoms with E-state index in [1.807, 2.05) is 0 Å². The first-order chi connectivity index (χ1) is 9.80. The molecule has 21 heavy (non-hydrogen) atoms. The van der Waals surface area contributed by atoms with Crippen molar-refractivity contribution >= 4 is 12.4 Å². The van der Waals surface area contributed by atoms with E-state index in [4.69, 9.17) is 9.47 Å². The Morgan fingerprint density at radius 1 is 1.24 bits per heavy atom. The van der Waals surface area contributed by atoms with E-state index in [2.05, 4.69) is 29.6 Å². The Hall–Kier alpha value is -0.770. The third kappa shape index (κ3) is 4.12. The van der Waals surface area contributed by atoms with E-state index in [0.717, 1.165) is 31.4 Å². The maximum atomic E-state index is 6.15. The summed E-state index contributed by atoms with van der Waals surface area (Å²) in [5.74, 6) is 1.70. The summed E-state index contributed by atoms with van der Waals surface area (Å²) >= 11 is 0. The molecule has 0 aromatic heterocycles. The second-order valence-corrected chi connectivity index (χ2v) is 6.19. The highest BCUT2D eigenvalue weighted by Crippen LogP contribution is 2.37. The molecule has 1 spiro atoms. The smallest absolute Gasteiger partial charge is 0.118 e. The Bertz CT molecular complexity index is 423. The van der Waals surface area contributed by atoms with E-state index in [0.29, 0.717) is 0 Å². The van der Waals surface area contributed by atoms with E-state index in [-0.39, 0.29) is 18.0 Å². The highest BCUT2D eigenvalue weighted by molar-refractivity contribution is 5.85. The second-order valence-electron chi connectivity index (χ2n) is 6.19. The van der Waals surface area contributed by atoms with Crippen molar-refractivity contribution in [2.75, 3.05) is 26.8 Å². The number of hydrogen-bond acceptors (Lipinski definition) is 3. The molecule has 1 aromatic carbocycles. The monoisotopic (exact) mass is 311 g/mol. The molecule has 118 valence electrons.